The molecular formula is C27H31NO5. The first kappa shape index (κ1) is 22.9. The van der Waals surface area contributed by atoms with E-state index in [2.05, 4.69) is 11.4 Å². The molecule has 0 bridgehead atoms. The van der Waals surface area contributed by atoms with Gasteiger partial charge in [0.25, 0.3) is 0 Å². The van der Waals surface area contributed by atoms with Gasteiger partial charge in [-0.15, -0.1) is 0 Å². The van der Waals surface area contributed by atoms with Gasteiger partial charge in [-0.3, -0.25) is 4.79 Å². The molecule has 3 aromatic rings. The molecule has 6 nitrogen and oxygen atoms in total. The molecule has 0 aliphatic carbocycles. The third-order valence-electron chi connectivity index (χ3n) is 6.11. The first-order chi connectivity index (χ1) is 16.1. The maximum absolute atomic E-state index is 12.8. The molecule has 0 radical (unpaired) electrons. The number of benzene rings is 3. The number of ether oxygens (including phenoxy) is 4. The van der Waals surface area contributed by atoms with Gasteiger partial charge in [-0.2, -0.15) is 0 Å². The van der Waals surface area contributed by atoms with E-state index in [1.807, 2.05) is 55.5 Å². The molecule has 2 atom stereocenters. The minimum Gasteiger partial charge on any atom is -0.497 e. The molecule has 1 unspecified atom stereocenters. The molecule has 1 amide bonds. The lowest BCUT2D eigenvalue weighted by Crippen LogP contribution is -2.27. The number of amides is 1. The number of rotatable bonds is 9. The highest BCUT2D eigenvalue weighted by Gasteiger charge is 2.18. The summed E-state index contributed by atoms with van der Waals surface area (Å²) in [4.78, 5) is 12.8. The zero-order valence-corrected chi connectivity index (χ0v) is 19.4. The Morgan fingerprint density at radius 1 is 1.03 bits per heavy atom. The van der Waals surface area contributed by atoms with Crippen LogP contribution in [0.3, 0.4) is 0 Å². The molecule has 6 heteroatoms. The standard InChI is InChI=1S/C27H31NO5/c1-18(20-7-8-22-15-23(30-2)10-9-21(22)14-20)27(29)28-16-19-6-11-25(26(13-19)31-3)33-17-24-5-4-12-32-24/h6-11,13-15,18,24H,4-5,12,16-17H2,1-3H3,(H,28,29)/t18-,24?/m0/s1. The zero-order valence-electron chi connectivity index (χ0n) is 19.4. The van der Waals surface area contributed by atoms with Crippen LogP contribution in [0.2, 0.25) is 0 Å². The number of hydrogen-bond donors (Lipinski definition) is 1. The lowest BCUT2D eigenvalue weighted by Gasteiger charge is -2.16. The number of nitrogens with one attached hydrogen (secondary N) is 1. The van der Waals surface area contributed by atoms with Crippen LogP contribution in [0.25, 0.3) is 10.8 Å². The molecule has 1 N–H and O–H groups in total. The van der Waals surface area contributed by atoms with Gasteiger partial charge >= 0.3 is 0 Å². The molecule has 0 aromatic heterocycles. The van der Waals surface area contributed by atoms with Crippen molar-refractivity contribution in [3.05, 3.63) is 65.7 Å². The average Bonchev–Trinajstić information content (AvgIpc) is 3.38. The van der Waals surface area contributed by atoms with Gasteiger partial charge in [0.15, 0.2) is 11.5 Å². The quantitative estimate of drug-likeness (QED) is 0.507. The fourth-order valence-corrected chi connectivity index (χ4v) is 4.03. The van der Waals surface area contributed by atoms with Crippen LogP contribution in [0.4, 0.5) is 0 Å². The van der Waals surface area contributed by atoms with Gasteiger partial charge in [0, 0.05) is 13.2 Å². The van der Waals surface area contributed by atoms with Gasteiger partial charge in [-0.1, -0.05) is 30.3 Å². The summed E-state index contributed by atoms with van der Waals surface area (Å²) in [6.45, 7) is 3.65. The average molecular weight is 450 g/mol. The van der Waals surface area contributed by atoms with Gasteiger partial charge < -0.3 is 24.3 Å². The molecule has 1 saturated heterocycles. The van der Waals surface area contributed by atoms with E-state index in [0.717, 1.165) is 47.1 Å². The van der Waals surface area contributed by atoms with E-state index in [9.17, 15) is 4.79 Å². The molecule has 1 aliphatic rings. The smallest absolute Gasteiger partial charge is 0.227 e. The third kappa shape index (κ3) is 5.57. The predicted octanol–water partition coefficient (Wildman–Crippen LogP) is 4.83. The topological polar surface area (TPSA) is 66.0 Å². The number of methoxy groups -OCH3 is 2. The maximum atomic E-state index is 12.8. The fraction of sp³-hybridized carbons (Fsp3) is 0.370. The molecule has 0 spiro atoms. The van der Waals surface area contributed by atoms with Crippen LogP contribution in [0, 0.1) is 0 Å². The van der Waals surface area contributed by atoms with Crippen LogP contribution in [-0.4, -0.2) is 39.4 Å². The van der Waals surface area contributed by atoms with Gasteiger partial charge in [0.2, 0.25) is 5.91 Å². The lowest BCUT2D eigenvalue weighted by molar-refractivity contribution is -0.122. The van der Waals surface area contributed by atoms with Gasteiger partial charge in [-0.25, -0.2) is 0 Å². The zero-order chi connectivity index (χ0) is 23.2. The summed E-state index contributed by atoms with van der Waals surface area (Å²) in [5.74, 6) is 1.86. The van der Waals surface area contributed by atoms with Gasteiger partial charge in [0.05, 0.1) is 26.2 Å². The van der Waals surface area contributed by atoms with Crippen molar-refractivity contribution in [1.29, 1.82) is 0 Å². The van der Waals surface area contributed by atoms with Crippen molar-refractivity contribution < 1.29 is 23.7 Å². The highest BCUT2D eigenvalue weighted by Crippen LogP contribution is 2.29. The van der Waals surface area contributed by atoms with Crippen LogP contribution in [-0.2, 0) is 16.1 Å². The van der Waals surface area contributed by atoms with E-state index >= 15 is 0 Å². The van der Waals surface area contributed by atoms with E-state index in [1.54, 1.807) is 14.2 Å². The number of carbonyl (C=O) groups is 1. The normalized spacial score (nSPS) is 16.4. The first-order valence-electron chi connectivity index (χ1n) is 11.3. The van der Waals surface area contributed by atoms with Crippen LogP contribution >= 0.6 is 0 Å². The highest BCUT2D eigenvalue weighted by atomic mass is 16.5. The molecule has 174 valence electrons. The summed E-state index contributed by atoms with van der Waals surface area (Å²) in [6.07, 6.45) is 2.25. The molecule has 1 heterocycles. The van der Waals surface area contributed by atoms with E-state index < -0.39 is 0 Å². The van der Waals surface area contributed by atoms with E-state index in [4.69, 9.17) is 18.9 Å². The second-order valence-corrected chi connectivity index (χ2v) is 8.34. The summed E-state index contributed by atoms with van der Waals surface area (Å²) in [5.41, 5.74) is 1.92. The largest absolute Gasteiger partial charge is 0.497 e. The van der Waals surface area contributed by atoms with Crippen molar-refractivity contribution in [3.63, 3.8) is 0 Å². The molecule has 4 rings (SSSR count). The van der Waals surface area contributed by atoms with Gasteiger partial charge in [0.1, 0.15) is 12.4 Å². The second-order valence-electron chi connectivity index (χ2n) is 8.34. The lowest BCUT2D eigenvalue weighted by atomic mass is 9.97. The van der Waals surface area contributed by atoms with Crippen molar-refractivity contribution in [2.24, 2.45) is 0 Å². The van der Waals surface area contributed by atoms with Crippen LogP contribution in [0.5, 0.6) is 17.2 Å². The molecule has 0 saturated carbocycles. The van der Waals surface area contributed by atoms with Crippen molar-refractivity contribution in [2.75, 3.05) is 27.4 Å². The molecular weight excluding hydrogens is 418 g/mol. The van der Waals surface area contributed by atoms with Crippen molar-refractivity contribution in [3.8, 4) is 17.2 Å². The van der Waals surface area contributed by atoms with Gasteiger partial charge in [-0.05, 0) is 65.9 Å². The second kappa shape index (κ2) is 10.6. The van der Waals surface area contributed by atoms with Crippen molar-refractivity contribution >= 4 is 16.7 Å². The summed E-state index contributed by atoms with van der Waals surface area (Å²) in [5, 5.41) is 5.20. The Morgan fingerprint density at radius 3 is 2.61 bits per heavy atom. The third-order valence-corrected chi connectivity index (χ3v) is 6.11. The Labute approximate surface area is 194 Å². The van der Waals surface area contributed by atoms with Crippen molar-refractivity contribution in [2.45, 2.75) is 38.3 Å². The summed E-state index contributed by atoms with van der Waals surface area (Å²) >= 11 is 0. The van der Waals surface area contributed by atoms with Crippen LogP contribution in [0.1, 0.15) is 36.8 Å². The molecule has 1 aliphatic heterocycles. The van der Waals surface area contributed by atoms with E-state index in [0.29, 0.717) is 24.7 Å². The Balaban J connectivity index is 1.36. The summed E-state index contributed by atoms with van der Waals surface area (Å²) in [6, 6.07) is 17.7. The summed E-state index contributed by atoms with van der Waals surface area (Å²) < 4.78 is 22.3. The Bertz CT molecular complexity index is 1110. The van der Waals surface area contributed by atoms with E-state index in [1.165, 1.54) is 0 Å². The monoisotopic (exact) mass is 449 g/mol. The first-order valence-corrected chi connectivity index (χ1v) is 11.3. The predicted molar refractivity (Wildman–Crippen MR) is 128 cm³/mol. The fourth-order valence-electron chi connectivity index (χ4n) is 4.03. The molecule has 33 heavy (non-hydrogen) atoms. The maximum Gasteiger partial charge on any atom is 0.227 e. The number of fused-ring (bicyclic) bond motifs is 1. The SMILES string of the molecule is COc1ccc2cc([C@H](C)C(=O)NCc3ccc(OCC4CCCO4)c(OC)c3)ccc2c1. The van der Waals surface area contributed by atoms with E-state index in [-0.39, 0.29) is 17.9 Å². The number of carbonyl (C=O) groups excluding carboxylic acids is 1. The Kier molecular flexibility index (Phi) is 7.35. The van der Waals surface area contributed by atoms with Crippen LogP contribution < -0.4 is 19.5 Å². The Hall–Kier alpha value is -3.25. The van der Waals surface area contributed by atoms with Crippen molar-refractivity contribution in [1.82, 2.24) is 5.32 Å². The Morgan fingerprint density at radius 2 is 1.85 bits per heavy atom. The minimum atomic E-state index is -0.271. The number of hydrogen-bond acceptors (Lipinski definition) is 5. The highest BCUT2D eigenvalue weighted by molar-refractivity contribution is 5.88. The molecule has 3 aromatic carbocycles. The molecule has 1 fully saturated rings. The summed E-state index contributed by atoms with van der Waals surface area (Å²) in [7, 11) is 3.28. The minimum absolute atomic E-state index is 0.0273. The van der Waals surface area contributed by atoms with Crippen LogP contribution in [0.15, 0.2) is 54.6 Å².